The predicted molar refractivity (Wildman–Crippen MR) is 81.1 cm³/mol. The number of halogens is 2. The largest absolute Gasteiger partial charge is 0.395 e. The molecule has 2 rings (SSSR count). The lowest BCUT2D eigenvalue weighted by molar-refractivity contribution is 0.102. The molecule has 0 saturated carbocycles. The number of amides is 1. The number of likely N-dealkylation sites (N-methyl/N-ethyl adjacent to an activating group) is 1. The summed E-state index contributed by atoms with van der Waals surface area (Å²) < 4.78 is 26.4. The molecule has 0 aromatic heterocycles. The van der Waals surface area contributed by atoms with E-state index in [-0.39, 0.29) is 12.2 Å². The first kappa shape index (κ1) is 15.9. The van der Waals surface area contributed by atoms with Gasteiger partial charge in [-0.05, 0) is 36.4 Å². The minimum atomic E-state index is -0.906. The molecule has 0 bridgehead atoms. The monoisotopic (exact) mass is 306 g/mol. The fraction of sp³-hybridized carbons (Fsp3) is 0.188. The molecule has 0 aliphatic rings. The van der Waals surface area contributed by atoms with Crippen molar-refractivity contribution in [2.24, 2.45) is 0 Å². The molecule has 0 saturated heterocycles. The summed E-state index contributed by atoms with van der Waals surface area (Å²) in [5.41, 5.74) is 1.15. The standard InChI is InChI=1S/C16H16F2N2O2/c1-20(8-9-21)13-5-3-12(4-6-13)19-16(22)14-7-2-11(17)10-15(14)18/h2-7,10,21H,8-9H2,1H3,(H,19,22). The molecule has 0 atom stereocenters. The molecule has 6 heteroatoms. The van der Waals surface area contributed by atoms with Gasteiger partial charge in [-0.1, -0.05) is 0 Å². The van der Waals surface area contributed by atoms with Gasteiger partial charge >= 0.3 is 0 Å². The van der Waals surface area contributed by atoms with Crippen LogP contribution in [-0.2, 0) is 0 Å². The second-order valence-electron chi connectivity index (χ2n) is 4.77. The molecule has 0 spiro atoms. The lowest BCUT2D eigenvalue weighted by atomic mass is 10.2. The zero-order valence-electron chi connectivity index (χ0n) is 12.0. The molecule has 0 fully saturated rings. The average molecular weight is 306 g/mol. The smallest absolute Gasteiger partial charge is 0.258 e. The first-order valence-corrected chi connectivity index (χ1v) is 6.69. The van der Waals surface area contributed by atoms with Crippen molar-refractivity contribution in [2.75, 3.05) is 30.4 Å². The van der Waals surface area contributed by atoms with Crippen molar-refractivity contribution >= 4 is 17.3 Å². The van der Waals surface area contributed by atoms with Crippen LogP contribution in [0.4, 0.5) is 20.2 Å². The Hall–Kier alpha value is -2.47. The van der Waals surface area contributed by atoms with Crippen molar-refractivity contribution in [3.05, 3.63) is 59.7 Å². The number of carbonyl (C=O) groups excluding carboxylic acids is 1. The van der Waals surface area contributed by atoms with Crippen molar-refractivity contribution in [2.45, 2.75) is 0 Å². The molecule has 0 radical (unpaired) electrons. The first-order chi connectivity index (χ1) is 10.5. The lowest BCUT2D eigenvalue weighted by Gasteiger charge is -2.18. The molecule has 0 unspecified atom stereocenters. The van der Waals surface area contributed by atoms with Crippen molar-refractivity contribution in [1.29, 1.82) is 0 Å². The molecule has 2 aromatic carbocycles. The molecular weight excluding hydrogens is 290 g/mol. The van der Waals surface area contributed by atoms with Crippen molar-refractivity contribution in [3.8, 4) is 0 Å². The van der Waals surface area contributed by atoms with E-state index < -0.39 is 17.5 Å². The number of carbonyl (C=O) groups is 1. The fourth-order valence-electron chi connectivity index (χ4n) is 1.95. The minimum Gasteiger partial charge on any atom is -0.395 e. The Balaban J connectivity index is 2.08. The van der Waals surface area contributed by atoms with E-state index in [0.717, 1.165) is 17.8 Å². The SMILES string of the molecule is CN(CCO)c1ccc(NC(=O)c2ccc(F)cc2F)cc1. The Kier molecular flexibility index (Phi) is 5.06. The van der Waals surface area contributed by atoms with Gasteiger partial charge < -0.3 is 15.3 Å². The van der Waals surface area contributed by atoms with Gasteiger partial charge in [0.15, 0.2) is 0 Å². The highest BCUT2D eigenvalue weighted by molar-refractivity contribution is 6.04. The molecule has 0 aliphatic carbocycles. The maximum absolute atomic E-state index is 13.5. The van der Waals surface area contributed by atoms with Crippen molar-refractivity contribution in [3.63, 3.8) is 0 Å². The molecule has 116 valence electrons. The van der Waals surface area contributed by atoms with E-state index >= 15 is 0 Å². The second-order valence-corrected chi connectivity index (χ2v) is 4.77. The van der Waals surface area contributed by atoms with Crippen LogP contribution >= 0.6 is 0 Å². The fourth-order valence-corrected chi connectivity index (χ4v) is 1.95. The topological polar surface area (TPSA) is 52.6 Å². The second kappa shape index (κ2) is 7.00. The van der Waals surface area contributed by atoms with Crippen LogP contribution in [0.2, 0.25) is 0 Å². The quantitative estimate of drug-likeness (QED) is 0.893. The lowest BCUT2D eigenvalue weighted by Crippen LogP contribution is -2.21. The highest BCUT2D eigenvalue weighted by Gasteiger charge is 2.12. The van der Waals surface area contributed by atoms with Gasteiger partial charge in [0.1, 0.15) is 11.6 Å². The number of anilines is 2. The zero-order valence-corrected chi connectivity index (χ0v) is 12.0. The van der Waals surface area contributed by atoms with Gasteiger partial charge in [0, 0.05) is 31.0 Å². The van der Waals surface area contributed by atoms with Gasteiger partial charge in [0.2, 0.25) is 0 Å². The van der Waals surface area contributed by atoms with Crippen molar-refractivity contribution < 1.29 is 18.7 Å². The summed E-state index contributed by atoms with van der Waals surface area (Å²) in [6.45, 7) is 0.533. The number of aliphatic hydroxyl groups excluding tert-OH is 1. The van der Waals surface area contributed by atoms with E-state index in [1.54, 1.807) is 24.3 Å². The highest BCUT2D eigenvalue weighted by atomic mass is 19.1. The Morgan fingerprint density at radius 1 is 1.18 bits per heavy atom. The Bertz CT molecular complexity index is 660. The summed E-state index contributed by atoms with van der Waals surface area (Å²) >= 11 is 0. The van der Waals surface area contributed by atoms with Crippen LogP contribution in [0.15, 0.2) is 42.5 Å². The third-order valence-corrected chi connectivity index (χ3v) is 3.18. The van der Waals surface area contributed by atoms with Gasteiger partial charge in [-0.2, -0.15) is 0 Å². The third kappa shape index (κ3) is 3.79. The molecule has 2 aromatic rings. The van der Waals surface area contributed by atoms with Crippen molar-refractivity contribution in [1.82, 2.24) is 0 Å². The van der Waals surface area contributed by atoms with E-state index in [1.807, 2.05) is 11.9 Å². The van der Waals surface area contributed by atoms with Gasteiger partial charge in [-0.25, -0.2) is 8.78 Å². The molecule has 0 heterocycles. The molecular formula is C16H16F2N2O2. The first-order valence-electron chi connectivity index (χ1n) is 6.69. The number of hydrogen-bond acceptors (Lipinski definition) is 3. The summed E-state index contributed by atoms with van der Waals surface area (Å²) in [7, 11) is 1.83. The van der Waals surface area contributed by atoms with Crippen LogP contribution in [-0.4, -0.2) is 31.2 Å². The van der Waals surface area contributed by atoms with Crippen LogP contribution in [0.5, 0.6) is 0 Å². The van der Waals surface area contributed by atoms with Gasteiger partial charge in [0.05, 0.1) is 12.2 Å². The predicted octanol–water partition coefficient (Wildman–Crippen LogP) is 2.65. The number of hydrogen-bond donors (Lipinski definition) is 2. The van der Waals surface area contributed by atoms with E-state index in [1.165, 1.54) is 0 Å². The van der Waals surface area contributed by atoms with Crippen LogP contribution < -0.4 is 10.2 Å². The summed E-state index contributed by atoms with van der Waals surface area (Å²) in [5, 5.41) is 11.4. The minimum absolute atomic E-state index is 0.0405. The molecule has 1 amide bonds. The molecule has 0 aliphatic heterocycles. The Labute approximate surface area is 127 Å². The van der Waals surface area contributed by atoms with Crippen LogP contribution in [0.1, 0.15) is 10.4 Å². The number of nitrogens with one attached hydrogen (secondary N) is 1. The van der Waals surface area contributed by atoms with E-state index in [0.29, 0.717) is 18.3 Å². The Morgan fingerprint density at radius 2 is 1.86 bits per heavy atom. The average Bonchev–Trinajstić information content (AvgIpc) is 2.48. The van der Waals surface area contributed by atoms with E-state index in [2.05, 4.69) is 5.32 Å². The number of rotatable bonds is 5. The number of benzene rings is 2. The molecule has 2 N–H and O–H groups in total. The molecule has 4 nitrogen and oxygen atoms in total. The highest BCUT2D eigenvalue weighted by Crippen LogP contribution is 2.18. The van der Waals surface area contributed by atoms with Crippen LogP contribution in [0.25, 0.3) is 0 Å². The number of aliphatic hydroxyl groups is 1. The normalized spacial score (nSPS) is 10.4. The summed E-state index contributed by atoms with van der Waals surface area (Å²) in [6.07, 6.45) is 0. The summed E-state index contributed by atoms with van der Waals surface area (Å²) in [4.78, 5) is 13.8. The van der Waals surface area contributed by atoms with Crippen LogP contribution in [0.3, 0.4) is 0 Å². The van der Waals surface area contributed by atoms with Gasteiger partial charge in [0.25, 0.3) is 5.91 Å². The van der Waals surface area contributed by atoms with E-state index in [4.69, 9.17) is 5.11 Å². The third-order valence-electron chi connectivity index (χ3n) is 3.18. The van der Waals surface area contributed by atoms with Crippen LogP contribution in [0, 0.1) is 11.6 Å². The summed E-state index contributed by atoms with van der Waals surface area (Å²) in [6, 6.07) is 9.68. The van der Waals surface area contributed by atoms with Gasteiger partial charge in [-0.15, -0.1) is 0 Å². The maximum Gasteiger partial charge on any atom is 0.258 e. The van der Waals surface area contributed by atoms with Gasteiger partial charge in [-0.3, -0.25) is 4.79 Å². The Morgan fingerprint density at radius 3 is 2.45 bits per heavy atom. The van der Waals surface area contributed by atoms with E-state index in [9.17, 15) is 13.6 Å². The summed E-state index contributed by atoms with van der Waals surface area (Å²) in [5.74, 6) is -2.28. The molecule has 22 heavy (non-hydrogen) atoms. The maximum atomic E-state index is 13.5. The number of nitrogens with zero attached hydrogens (tertiary/aromatic N) is 1. The zero-order chi connectivity index (χ0) is 16.1.